The number of ether oxygens (including phenoxy) is 2. The van der Waals surface area contributed by atoms with Gasteiger partial charge in [-0.3, -0.25) is 9.80 Å². The number of ketones is 1. The lowest BCUT2D eigenvalue weighted by Gasteiger charge is -2.44. The number of allylic oxidation sites excluding steroid dienone is 3. The molecule has 1 aliphatic heterocycles. The fourth-order valence-electron chi connectivity index (χ4n) is 4.91. The van der Waals surface area contributed by atoms with E-state index >= 15 is 0 Å². The summed E-state index contributed by atoms with van der Waals surface area (Å²) in [7, 11) is 6.87. The molecule has 2 N–H and O–H groups in total. The van der Waals surface area contributed by atoms with E-state index in [0.717, 1.165) is 11.3 Å². The van der Waals surface area contributed by atoms with E-state index in [4.69, 9.17) is 15.2 Å². The highest BCUT2D eigenvalue weighted by Crippen LogP contribution is 2.50. The second-order valence-corrected chi connectivity index (χ2v) is 8.41. The molecular formula is C26H28N4O3. The molecule has 0 saturated carbocycles. The van der Waals surface area contributed by atoms with Crippen molar-refractivity contribution in [3.05, 3.63) is 82.3 Å². The van der Waals surface area contributed by atoms with Gasteiger partial charge in [0, 0.05) is 37.3 Å². The van der Waals surface area contributed by atoms with Crippen molar-refractivity contribution in [1.29, 1.82) is 5.26 Å². The second kappa shape index (κ2) is 9.00. The molecule has 2 atom stereocenters. The van der Waals surface area contributed by atoms with Crippen LogP contribution in [0.3, 0.4) is 0 Å². The molecule has 0 spiro atoms. The van der Waals surface area contributed by atoms with Crippen LogP contribution < -0.4 is 15.2 Å². The van der Waals surface area contributed by atoms with Crippen molar-refractivity contribution in [2.75, 3.05) is 28.3 Å². The number of Topliss-reactive ketones (excluding diaryl/α,β-unsaturated/α-hetero) is 1. The van der Waals surface area contributed by atoms with E-state index in [1.165, 1.54) is 0 Å². The molecule has 7 heteroatoms. The Hall–Kier alpha value is -3.76. The topological polar surface area (TPSA) is 91.8 Å². The van der Waals surface area contributed by atoms with Gasteiger partial charge in [-0.05, 0) is 36.1 Å². The van der Waals surface area contributed by atoms with Crippen molar-refractivity contribution in [3.8, 4) is 17.6 Å². The van der Waals surface area contributed by atoms with Gasteiger partial charge in [-0.25, -0.2) is 5.01 Å². The first-order chi connectivity index (χ1) is 15.9. The zero-order chi connectivity index (χ0) is 23.7. The molecule has 0 radical (unpaired) electrons. The van der Waals surface area contributed by atoms with E-state index in [1.54, 1.807) is 31.4 Å². The van der Waals surface area contributed by atoms with Crippen LogP contribution in [-0.4, -0.2) is 44.1 Å². The molecule has 0 saturated heterocycles. The van der Waals surface area contributed by atoms with Crippen LogP contribution in [0.2, 0.25) is 0 Å². The van der Waals surface area contributed by atoms with Gasteiger partial charge in [-0.1, -0.05) is 30.3 Å². The van der Waals surface area contributed by atoms with Gasteiger partial charge in [-0.2, -0.15) is 5.26 Å². The van der Waals surface area contributed by atoms with Gasteiger partial charge in [-0.15, -0.1) is 0 Å². The van der Waals surface area contributed by atoms with Crippen LogP contribution >= 0.6 is 0 Å². The Bertz CT molecular complexity index is 1180. The van der Waals surface area contributed by atoms with E-state index in [2.05, 4.69) is 18.2 Å². The number of rotatable bonds is 5. The smallest absolute Gasteiger partial charge is 0.162 e. The number of nitrogens with zero attached hydrogens (tertiary/aromatic N) is 3. The molecular weight excluding hydrogens is 416 g/mol. The summed E-state index contributed by atoms with van der Waals surface area (Å²) in [5.41, 5.74) is 10.1. The minimum absolute atomic E-state index is 0.00655. The Morgan fingerprint density at radius 3 is 2.42 bits per heavy atom. The Morgan fingerprint density at radius 2 is 1.82 bits per heavy atom. The maximum atomic E-state index is 13.7. The molecule has 2 aliphatic rings. The molecule has 4 rings (SSSR count). The quantitative estimate of drug-likeness (QED) is 0.752. The molecule has 0 fully saturated rings. The van der Waals surface area contributed by atoms with Gasteiger partial charge in [0.15, 0.2) is 5.78 Å². The Morgan fingerprint density at radius 1 is 1.09 bits per heavy atom. The average molecular weight is 445 g/mol. The number of benzene rings is 2. The van der Waals surface area contributed by atoms with Crippen LogP contribution in [0.15, 0.2) is 71.2 Å². The molecule has 0 aromatic heterocycles. The highest BCUT2D eigenvalue weighted by atomic mass is 16.5. The molecule has 33 heavy (non-hydrogen) atoms. The van der Waals surface area contributed by atoms with E-state index < -0.39 is 5.92 Å². The number of carbonyl (C=O) groups is 1. The van der Waals surface area contributed by atoms with Gasteiger partial charge in [0.05, 0.1) is 31.8 Å². The van der Waals surface area contributed by atoms with Gasteiger partial charge < -0.3 is 15.2 Å². The fraction of sp³-hybridized carbons (Fsp3) is 0.308. The SMILES string of the molecule is COc1ccc(OC)c([C@@H]2C(C#N)=C(N)N(N(C)C)C3=C2C(=O)C[C@@H](c2ccccc2)C3)c1. The van der Waals surface area contributed by atoms with Crippen molar-refractivity contribution in [2.45, 2.75) is 24.7 Å². The third-order valence-electron chi connectivity index (χ3n) is 6.36. The molecule has 2 aromatic rings. The molecule has 1 aliphatic carbocycles. The van der Waals surface area contributed by atoms with Gasteiger partial charge in [0.2, 0.25) is 0 Å². The summed E-state index contributed by atoms with van der Waals surface area (Å²) in [6.45, 7) is 0. The summed E-state index contributed by atoms with van der Waals surface area (Å²) in [5.74, 6) is 0.915. The van der Waals surface area contributed by atoms with E-state index in [9.17, 15) is 10.1 Å². The normalized spacial score (nSPS) is 20.6. The monoisotopic (exact) mass is 444 g/mol. The largest absolute Gasteiger partial charge is 0.497 e. The predicted molar refractivity (Wildman–Crippen MR) is 125 cm³/mol. The van der Waals surface area contributed by atoms with Gasteiger partial charge in [0.1, 0.15) is 17.3 Å². The average Bonchev–Trinajstić information content (AvgIpc) is 2.82. The van der Waals surface area contributed by atoms with Gasteiger partial charge in [0.25, 0.3) is 0 Å². The number of nitrogens with two attached hydrogens (primary N) is 1. The van der Waals surface area contributed by atoms with E-state index in [0.29, 0.717) is 46.9 Å². The number of nitriles is 1. The Labute approximate surface area is 194 Å². The number of hydrogen-bond donors (Lipinski definition) is 1. The highest BCUT2D eigenvalue weighted by Gasteiger charge is 2.44. The first kappa shape index (κ1) is 22.4. The lowest BCUT2D eigenvalue weighted by Crippen LogP contribution is -2.46. The summed E-state index contributed by atoms with van der Waals surface area (Å²) < 4.78 is 11.1. The lowest BCUT2D eigenvalue weighted by molar-refractivity contribution is -0.117. The number of hydrazine groups is 1. The van der Waals surface area contributed by atoms with E-state index in [1.807, 2.05) is 43.4 Å². The molecule has 170 valence electrons. The highest BCUT2D eigenvalue weighted by molar-refractivity contribution is 6.00. The Kier molecular flexibility index (Phi) is 6.12. The first-order valence-electron chi connectivity index (χ1n) is 10.8. The van der Waals surface area contributed by atoms with Crippen LogP contribution in [-0.2, 0) is 4.79 Å². The van der Waals surface area contributed by atoms with Crippen LogP contribution in [0.1, 0.15) is 35.8 Å². The number of hydrogen-bond acceptors (Lipinski definition) is 7. The summed E-state index contributed by atoms with van der Waals surface area (Å²) in [4.78, 5) is 13.7. The minimum Gasteiger partial charge on any atom is -0.497 e. The van der Waals surface area contributed by atoms with Gasteiger partial charge >= 0.3 is 0 Å². The fourth-order valence-corrected chi connectivity index (χ4v) is 4.91. The second-order valence-electron chi connectivity index (χ2n) is 8.41. The maximum absolute atomic E-state index is 13.7. The van der Waals surface area contributed by atoms with Crippen molar-refractivity contribution in [2.24, 2.45) is 5.73 Å². The van der Waals surface area contributed by atoms with Crippen molar-refractivity contribution >= 4 is 5.78 Å². The lowest BCUT2D eigenvalue weighted by atomic mass is 9.72. The standard InChI is InChI=1S/C26H28N4O3/c1-29(2)30-21-12-17(16-8-6-5-7-9-16)13-22(31)25(21)24(20(15-27)26(30)28)19-14-18(32-3)10-11-23(19)33-4/h5-11,14,17,24H,12-13,28H2,1-4H3/t17-,24+/m0/s1. The van der Waals surface area contributed by atoms with Crippen LogP contribution in [0.5, 0.6) is 11.5 Å². The summed E-state index contributed by atoms with van der Waals surface area (Å²) in [6, 6.07) is 17.7. The molecule has 0 bridgehead atoms. The van der Waals surface area contributed by atoms with Crippen molar-refractivity contribution in [1.82, 2.24) is 10.0 Å². The molecule has 0 amide bonds. The third-order valence-corrected chi connectivity index (χ3v) is 6.36. The molecule has 1 heterocycles. The number of methoxy groups -OCH3 is 2. The summed E-state index contributed by atoms with van der Waals surface area (Å²) in [6.07, 6.45) is 0.997. The van der Waals surface area contributed by atoms with Crippen LogP contribution in [0.4, 0.5) is 0 Å². The van der Waals surface area contributed by atoms with Crippen LogP contribution in [0, 0.1) is 11.3 Å². The first-order valence-corrected chi connectivity index (χ1v) is 10.8. The zero-order valence-electron chi connectivity index (χ0n) is 19.3. The predicted octanol–water partition coefficient (Wildman–Crippen LogP) is 3.67. The molecule has 2 aromatic carbocycles. The van der Waals surface area contributed by atoms with E-state index in [-0.39, 0.29) is 11.7 Å². The Balaban J connectivity index is 1.95. The summed E-state index contributed by atoms with van der Waals surface area (Å²) >= 11 is 0. The zero-order valence-corrected chi connectivity index (χ0v) is 19.3. The van der Waals surface area contributed by atoms with Crippen molar-refractivity contribution < 1.29 is 14.3 Å². The summed E-state index contributed by atoms with van der Waals surface area (Å²) in [5, 5.41) is 13.8. The molecule has 7 nitrogen and oxygen atoms in total. The number of carbonyl (C=O) groups excluding carboxylic acids is 1. The van der Waals surface area contributed by atoms with Crippen LogP contribution in [0.25, 0.3) is 0 Å². The van der Waals surface area contributed by atoms with Crippen molar-refractivity contribution in [3.63, 3.8) is 0 Å². The maximum Gasteiger partial charge on any atom is 0.162 e. The molecule has 0 unspecified atom stereocenters. The minimum atomic E-state index is -0.629. The third kappa shape index (κ3) is 3.83.